The second-order valence-corrected chi connectivity index (χ2v) is 13.3. The number of carbonyl (C=O) groups excluding carboxylic acids is 4. The number of anilines is 2. The van der Waals surface area contributed by atoms with Gasteiger partial charge in [0.05, 0.1) is 40.1 Å². The van der Waals surface area contributed by atoms with Crippen molar-refractivity contribution in [1.29, 1.82) is 0 Å². The first kappa shape index (κ1) is 32.4. The normalized spacial score (nSPS) is 23.1. The van der Waals surface area contributed by atoms with Gasteiger partial charge in [-0.25, -0.2) is 4.98 Å². The van der Waals surface area contributed by atoms with Crippen molar-refractivity contribution in [3.8, 4) is 0 Å². The highest BCUT2D eigenvalue weighted by Gasteiger charge is 2.44. The number of aliphatic imine (C=N–C) groups is 1. The molecule has 2 saturated heterocycles. The van der Waals surface area contributed by atoms with Crippen LogP contribution in [0.25, 0.3) is 16.6 Å². The summed E-state index contributed by atoms with van der Waals surface area (Å²) >= 11 is 0. The molecule has 3 aliphatic heterocycles. The van der Waals surface area contributed by atoms with Crippen LogP contribution in [0.4, 0.5) is 11.4 Å². The number of rotatable bonds is 11. The molecular weight excluding hydrogens is 622 g/mol. The molecule has 6 N–H and O–H groups in total. The third-order valence-corrected chi connectivity index (χ3v) is 9.92. The number of benzene rings is 2. The number of carbonyl (C=O) groups is 4. The first-order chi connectivity index (χ1) is 23.9. The second kappa shape index (κ2) is 14.1. The van der Waals surface area contributed by atoms with E-state index in [2.05, 4.69) is 32.3 Å². The maximum Gasteiger partial charge on any atom is 0.262 e. The number of hydrogen-bond donors (Lipinski definition) is 5. The Balaban J connectivity index is 0.864. The molecule has 254 valence electrons. The Morgan fingerprint density at radius 2 is 1.78 bits per heavy atom. The number of aromatic nitrogens is 2. The van der Waals surface area contributed by atoms with Crippen LogP contribution in [0.1, 0.15) is 77.8 Å². The maximum absolute atomic E-state index is 13.1. The molecule has 4 heterocycles. The Hall–Kier alpha value is -5.17. The van der Waals surface area contributed by atoms with Gasteiger partial charge in [-0.2, -0.15) is 0 Å². The number of piperidine rings is 2. The number of fused-ring (bicyclic) bond motifs is 2. The highest BCUT2D eigenvalue weighted by molar-refractivity contribution is 6.23. The van der Waals surface area contributed by atoms with E-state index in [1.165, 1.54) is 6.20 Å². The number of nitrogens with two attached hydrogens (primary N) is 1. The molecule has 1 aliphatic carbocycles. The van der Waals surface area contributed by atoms with Gasteiger partial charge in [-0.05, 0) is 100 Å². The van der Waals surface area contributed by atoms with Crippen molar-refractivity contribution in [3.63, 3.8) is 0 Å². The van der Waals surface area contributed by atoms with Crippen LogP contribution in [-0.4, -0.2) is 82.5 Å². The van der Waals surface area contributed by atoms with E-state index in [9.17, 15) is 19.2 Å². The van der Waals surface area contributed by atoms with Crippen LogP contribution in [-0.2, 0) is 9.59 Å². The zero-order chi connectivity index (χ0) is 33.9. The van der Waals surface area contributed by atoms with Crippen molar-refractivity contribution in [1.82, 2.24) is 25.5 Å². The summed E-state index contributed by atoms with van der Waals surface area (Å²) in [6.45, 7) is 2.78. The first-order valence-corrected chi connectivity index (χ1v) is 17.2. The Labute approximate surface area is 284 Å². The molecule has 2 aromatic carbocycles. The van der Waals surface area contributed by atoms with Crippen molar-refractivity contribution in [2.75, 3.05) is 30.3 Å². The highest BCUT2D eigenvalue weighted by Crippen LogP contribution is 2.34. The quantitative estimate of drug-likeness (QED) is 0.116. The SMILES string of the molecule is NC=C(C=NC1CC(CCCNc2ccc3c(c2)C(=O)N(C2CCC(=O)NC2=O)C3=O)C1)c1cnc2ccc(NC3CCNCC3)cc2n1. The van der Waals surface area contributed by atoms with Crippen LogP contribution >= 0.6 is 0 Å². The molecular formula is C36H41N9O4. The molecule has 0 bridgehead atoms. The molecule has 7 rings (SSSR count). The van der Waals surface area contributed by atoms with Crippen molar-refractivity contribution in [2.24, 2.45) is 16.6 Å². The monoisotopic (exact) mass is 663 g/mol. The summed E-state index contributed by atoms with van der Waals surface area (Å²) < 4.78 is 0. The van der Waals surface area contributed by atoms with Gasteiger partial charge in [0, 0.05) is 48.4 Å². The third kappa shape index (κ3) is 7.02. The zero-order valence-corrected chi connectivity index (χ0v) is 27.3. The summed E-state index contributed by atoms with van der Waals surface area (Å²) in [6, 6.07) is 10.9. The number of nitrogens with one attached hydrogen (secondary N) is 4. The molecule has 13 heteroatoms. The smallest absolute Gasteiger partial charge is 0.262 e. The average Bonchev–Trinajstić information content (AvgIpc) is 3.33. The summed E-state index contributed by atoms with van der Waals surface area (Å²) in [7, 11) is 0. The van der Waals surface area contributed by atoms with E-state index in [-0.39, 0.29) is 30.0 Å². The van der Waals surface area contributed by atoms with Crippen molar-refractivity contribution in [2.45, 2.75) is 69.5 Å². The van der Waals surface area contributed by atoms with Gasteiger partial charge in [0.25, 0.3) is 11.8 Å². The van der Waals surface area contributed by atoms with Crippen molar-refractivity contribution >= 4 is 57.8 Å². The van der Waals surface area contributed by atoms with Crippen LogP contribution in [0.3, 0.4) is 0 Å². The second-order valence-electron chi connectivity index (χ2n) is 13.3. The minimum atomic E-state index is -0.970. The molecule has 1 atom stereocenters. The summed E-state index contributed by atoms with van der Waals surface area (Å²) in [5.74, 6) is -1.43. The van der Waals surface area contributed by atoms with E-state index in [1.54, 1.807) is 24.4 Å². The zero-order valence-electron chi connectivity index (χ0n) is 27.3. The van der Waals surface area contributed by atoms with Gasteiger partial charge in [0.2, 0.25) is 11.8 Å². The lowest BCUT2D eigenvalue weighted by Crippen LogP contribution is -2.54. The fourth-order valence-electron chi connectivity index (χ4n) is 7.08. The number of hydrogen-bond acceptors (Lipinski definition) is 11. The molecule has 13 nitrogen and oxygen atoms in total. The molecule has 49 heavy (non-hydrogen) atoms. The molecule has 1 aromatic heterocycles. The Morgan fingerprint density at radius 3 is 2.57 bits per heavy atom. The lowest BCUT2D eigenvalue weighted by atomic mass is 9.78. The van der Waals surface area contributed by atoms with Crippen LogP contribution in [0.15, 0.2) is 53.8 Å². The fraction of sp³-hybridized carbons (Fsp3) is 0.417. The molecule has 1 unspecified atom stereocenters. The molecule has 3 fully saturated rings. The largest absolute Gasteiger partial charge is 0.404 e. The van der Waals surface area contributed by atoms with Crippen LogP contribution in [0.2, 0.25) is 0 Å². The number of amides is 4. The van der Waals surface area contributed by atoms with Gasteiger partial charge in [-0.15, -0.1) is 0 Å². The van der Waals surface area contributed by atoms with Gasteiger partial charge in [0.1, 0.15) is 6.04 Å². The maximum atomic E-state index is 13.1. The van der Waals surface area contributed by atoms with Crippen LogP contribution in [0.5, 0.6) is 0 Å². The van der Waals surface area contributed by atoms with Gasteiger partial charge >= 0.3 is 0 Å². The van der Waals surface area contributed by atoms with Crippen molar-refractivity contribution in [3.05, 3.63) is 65.6 Å². The summed E-state index contributed by atoms with van der Waals surface area (Å²) in [5, 5.41) is 12.6. The van der Waals surface area contributed by atoms with Gasteiger partial charge in [-0.3, -0.25) is 39.4 Å². The Bertz CT molecular complexity index is 1850. The molecule has 4 amide bonds. The molecule has 3 aromatic rings. The van der Waals surface area contributed by atoms with E-state index in [4.69, 9.17) is 15.7 Å². The standard InChI is InChI=1S/C36H41N9O4/c37-18-22(31-20-41-29-6-4-25(17-30(29)43-31)42-23-9-12-38-13-10-23)19-40-26-14-21(15-26)2-1-11-39-24-3-5-27-28(16-24)36(49)45(35(27)48)32-7-8-33(46)44-34(32)47/h3-6,16-21,23,26,32,38-39,42H,1-2,7-15,37H2,(H,44,46,47). The lowest BCUT2D eigenvalue weighted by Gasteiger charge is -2.32. The lowest BCUT2D eigenvalue weighted by molar-refractivity contribution is -0.136. The fourth-order valence-corrected chi connectivity index (χ4v) is 7.08. The predicted molar refractivity (Wildman–Crippen MR) is 187 cm³/mol. The molecule has 1 saturated carbocycles. The topological polar surface area (TPSA) is 184 Å². The first-order valence-electron chi connectivity index (χ1n) is 17.2. The van der Waals surface area contributed by atoms with Gasteiger partial charge in [-0.1, -0.05) is 0 Å². The highest BCUT2D eigenvalue weighted by atomic mass is 16.2. The van der Waals surface area contributed by atoms with E-state index >= 15 is 0 Å². The van der Waals surface area contributed by atoms with Crippen LogP contribution in [0, 0.1) is 5.92 Å². The molecule has 0 radical (unpaired) electrons. The third-order valence-electron chi connectivity index (χ3n) is 9.92. The minimum absolute atomic E-state index is 0.0921. The minimum Gasteiger partial charge on any atom is -0.404 e. The number of nitrogens with zero attached hydrogens (tertiary/aromatic N) is 4. The van der Waals surface area contributed by atoms with E-state index < -0.39 is 29.7 Å². The molecule has 0 spiro atoms. The molecule has 4 aliphatic rings. The summed E-state index contributed by atoms with van der Waals surface area (Å²) in [4.78, 5) is 65.1. The summed E-state index contributed by atoms with van der Waals surface area (Å²) in [6.07, 6.45) is 11.5. The van der Waals surface area contributed by atoms with Gasteiger partial charge < -0.3 is 21.7 Å². The van der Waals surface area contributed by atoms with Gasteiger partial charge in [0.15, 0.2) is 0 Å². The predicted octanol–water partition coefficient (Wildman–Crippen LogP) is 3.24. The summed E-state index contributed by atoms with van der Waals surface area (Å²) in [5.41, 5.74) is 11.4. The van der Waals surface area contributed by atoms with E-state index in [0.29, 0.717) is 17.7 Å². The van der Waals surface area contributed by atoms with Crippen LogP contribution < -0.4 is 27.0 Å². The Morgan fingerprint density at radius 1 is 0.980 bits per heavy atom. The number of allylic oxidation sites excluding steroid dienone is 1. The van der Waals surface area contributed by atoms with E-state index in [0.717, 1.165) is 91.0 Å². The number of imide groups is 2. The Kier molecular flexibility index (Phi) is 9.34. The van der Waals surface area contributed by atoms with E-state index in [1.807, 2.05) is 18.3 Å². The van der Waals surface area contributed by atoms with Crippen molar-refractivity contribution < 1.29 is 19.2 Å². The average molecular weight is 664 g/mol.